The fourth-order valence-electron chi connectivity index (χ4n) is 0.493. The Kier molecular flexibility index (Phi) is 5.10. The number of aromatic hydroxyl groups is 2. The van der Waals surface area contributed by atoms with Gasteiger partial charge in [0.15, 0.2) is 0 Å². The molecule has 0 radical (unpaired) electrons. The van der Waals surface area contributed by atoms with Crippen molar-refractivity contribution < 1.29 is 10.2 Å². The topological polar surface area (TPSA) is 40.5 Å². The fourth-order valence-corrected chi connectivity index (χ4v) is 0.493. The van der Waals surface area contributed by atoms with E-state index >= 15 is 0 Å². The summed E-state index contributed by atoms with van der Waals surface area (Å²) < 4.78 is 0. The van der Waals surface area contributed by atoms with Crippen molar-refractivity contribution in [1.82, 2.24) is 0 Å². The van der Waals surface area contributed by atoms with E-state index in [1.807, 2.05) is 0 Å². The van der Waals surface area contributed by atoms with Gasteiger partial charge >= 0.3 is 68.9 Å². The molecule has 2 nitrogen and oxygen atoms in total. The first-order chi connectivity index (χ1) is 3.79. The monoisotopic (exact) mass is 244 g/mol. The van der Waals surface area contributed by atoms with Gasteiger partial charge in [0.2, 0.25) is 0 Å². The molecule has 1 aromatic carbocycles. The van der Waals surface area contributed by atoms with Gasteiger partial charge in [0.25, 0.3) is 0 Å². The van der Waals surface area contributed by atoms with Crippen LogP contribution in [0.4, 0.5) is 0 Å². The van der Waals surface area contributed by atoms with Crippen molar-refractivity contribution in [2.24, 2.45) is 0 Å². The minimum atomic E-state index is 0. The Morgan fingerprint density at radius 2 is 1.44 bits per heavy atom. The Labute approximate surface area is 112 Å². The normalized spacial score (nSPS) is 8.00. The number of phenols is 2. The van der Waals surface area contributed by atoms with Crippen molar-refractivity contribution in [3.63, 3.8) is 0 Å². The molecule has 0 heterocycles. The predicted molar refractivity (Wildman–Crippen MR) is 36.9 cm³/mol. The standard InChI is InChI=1S/C6H6O2.Cs.H/c7-5-2-1-3-6(8)4-5;;/h1-4,7-8H;;. The van der Waals surface area contributed by atoms with Crippen molar-refractivity contribution in [2.75, 3.05) is 0 Å². The third-order valence-corrected chi connectivity index (χ3v) is 0.830. The second-order valence-electron chi connectivity index (χ2n) is 1.52. The SMILES string of the molecule is Oc1cccc(O)c1.[CsH]. The zero-order valence-electron chi connectivity index (χ0n) is 4.20. The molecule has 0 aromatic heterocycles. The molecule has 0 spiro atoms. The zero-order valence-corrected chi connectivity index (χ0v) is 4.20. The number of hydrogen-bond acceptors (Lipinski definition) is 2. The summed E-state index contributed by atoms with van der Waals surface area (Å²) in [6.07, 6.45) is 0. The molecule has 0 bridgehead atoms. The van der Waals surface area contributed by atoms with Crippen LogP contribution in [0.2, 0.25) is 0 Å². The van der Waals surface area contributed by atoms with Crippen LogP contribution < -0.4 is 0 Å². The molecule has 1 rings (SSSR count). The molecular formula is C6H7CsO2. The van der Waals surface area contributed by atoms with Crippen LogP contribution in [0.3, 0.4) is 0 Å². The van der Waals surface area contributed by atoms with Crippen LogP contribution >= 0.6 is 0 Å². The van der Waals surface area contributed by atoms with Gasteiger partial charge in [-0.3, -0.25) is 0 Å². The molecule has 9 heavy (non-hydrogen) atoms. The summed E-state index contributed by atoms with van der Waals surface area (Å²) in [6.45, 7) is 0. The van der Waals surface area contributed by atoms with Crippen LogP contribution in [-0.2, 0) is 0 Å². The van der Waals surface area contributed by atoms with Crippen LogP contribution in [0.5, 0.6) is 11.5 Å². The van der Waals surface area contributed by atoms with E-state index in [4.69, 9.17) is 10.2 Å². The molecule has 0 amide bonds. The van der Waals surface area contributed by atoms with Crippen molar-refractivity contribution in [1.29, 1.82) is 0 Å². The van der Waals surface area contributed by atoms with Gasteiger partial charge in [-0.1, -0.05) is 6.07 Å². The molecule has 0 saturated heterocycles. The van der Waals surface area contributed by atoms with Crippen LogP contribution in [0.15, 0.2) is 24.3 Å². The zero-order chi connectivity index (χ0) is 5.98. The van der Waals surface area contributed by atoms with Crippen LogP contribution in [-0.4, -0.2) is 79.1 Å². The summed E-state index contributed by atoms with van der Waals surface area (Å²) in [5.74, 6) is 0.176. The third kappa shape index (κ3) is 3.54. The van der Waals surface area contributed by atoms with Crippen molar-refractivity contribution >= 4 is 68.9 Å². The molecule has 0 aliphatic carbocycles. The fraction of sp³-hybridized carbons (Fsp3) is 0. The summed E-state index contributed by atoms with van der Waals surface area (Å²) >= 11 is 0. The van der Waals surface area contributed by atoms with Gasteiger partial charge in [-0.05, 0) is 12.1 Å². The van der Waals surface area contributed by atoms with Crippen LogP contribution in [0, 0.1) is 0 Å². The van der Waals surface area contributed by atoms with E-state index in [1.54, 1.807) is 6.07 Å². The molecule has 0 aliphatic rings. The summed E-state index contributed by atoms with van der Waals surface area (Å²) in [7, 11) is 0. The van der Waals surface area contributed by atoms with Gasteiger partial charge in [0.05, 0.1) is 0 Å². The van der Waals surface area contributed by atoms with E-state index < -0.39 is 0 Å². The average Bonchev–Trinajstić information content (AvgIpc) is 1.64. The Bertz CT molecular complexity index is 171. The van der Waals surface area contributed by atoms with E-state index in [9.17, 15) is 0 Å². The second kappa shape index (κ2) is 4.65. The Balaban J connectivity index is 0.000000640. The van der Waals surface area contributed by atoms with Gasteiger partial charge in [0, 0.05) is 6.07 Å². The van der Waals surface area contributed by atoms with Gasteiger partial charge in [0.1, 0.15) is 11.5 Å². The van der Waals surface area contributed by atoms with Crippen molar-refractivity contribution in [2.45, 2.75) is 0 Å². The molecular weight excluding hydrogens is 237 g/mol. The van der Waals surface area contributed by atoms with Gasteiger partial charge in [-0.15, -0.1) is 0 Å². The van der Waals surface area contributed by atoms with Crippen molar-refractivity contribution in [3.8, 4) is 11.5 Å². The molecule has 1 aromatic rings. The Morgan fingerprint density at radius 3 is 1.67 bits per heavy atom. The van der Waals surface area contributed by atoms with E-state index in [0.717, 1.165) is 0 Å². The molecule has 0 atom stereocenters. The number of benzene rings is 1. The molecule has 0 unspecified atom stereocenters. The second-order valence-corrected chi connectivity index (χ2v) is 1.52. The minimum absolute atomic E-state index is 0. The maximum atomic E-state index is 8.65. The first-order valence-electron chi connectivity index (χ1n) is 2.27. The summed E-state index contributed by atoms with van der Waals surface area (Å²) in [5, 5.41) is 17.3. The molecule has 44 valence electrons. The van der Waals surface area contributed by atoms with E-state index in [1.165, 1.54) is 18.2 Å². The summed E-state index contributed by atoms with van der Waals surface area (Å²) in [6, 6.07) is 5.85. The van der Waals surface area contributed by atoms with Crippen LogP contribution in [0.1, 0.15) is 0 Å². The third-order valence-electron chi connectivity index (χ3n) is 0.830. The van der Waals surface area contributed by atoms with Gasteiger partial charge in [-0.2, -0.15) is 0 Å². The van der Waals surface area contributed by atoms with Gasteiger partial charge in [-0.25, -0.2) is 0 Å². The molecule has 2 N–H and O–H groups in total. The molecule has 3 heteroatoms. The first kappa shape index (κ1) is 9.87. The molecule has 0 saturated carbocycles. The maximum absolute atomic E-state index is 8.65. The number of rotatable bonds is 0. The van der Waals surface area contributed by atoms with E-state index in [-0.39, 0.29) is 80.4 Å². The number of hydrogen-bond donors (Lipinski definition) is 2. The first-order valence-corrected chi connectivity index (χ1v) is 2.27. The van der Waals surface area contributed by atoms with E-state index in [2.05, 4.69) is 0 Å². The summed E-state index contributed by atoms with van der Waals surface area (Å²) in [5.41, 5.74) is 0. The van der Waals surface area contributed by atoms with Crippen LogP contribution in [0.25, 0.3) is 0 Å². The Hall–Kier alpha value is 0.872. The molecule has 0 fully saturated rings. The van der Waals surface area contributed by atoms with Gasteiger partial charge < -0.3 is 10.2 Å². The predicted octanol–water partition coefficient (Wildman–Crippen LogP) is 0.449. The number of phenolic OH excluding ortho intramolecular Hbond substituents is 2. The van der Waals surface area contributed by atoms with E-state index in [0.29, 0.717) is 0 Å². The summed E-state index contributed by atoms with van der Waals surface area (Å²) in [4.78, 5) is 0. The van der Waals surface area contributed by atoms with Crippen molar-refractivity contribution in [3.05, 3.63) is 24.3 Å². The quantitative estimate of drug-likeness (QED) is 0.695. The average molecular weight is 244 g/mol. The molecule has 0 aliphatic heterocycles. The Morgan fingerprint density at radius 1 is 1.00 bits per heavy atom.